The van der Waals surface area contributed by atoms with Crippen molar-refractivity contribution in [3.05, 3.63) is 29.4 Å². The van der Waals surface area contributed by atoms with Gasteiger partial charge in [-0.2, -0.15) is 4.98 Å². The van der Waals surface area contributed by atoms with Crippen LogP contribution in [0.25, 0.3) is 0 Å². The van der Waals surface area contributed by atoms with Gasteiger partial charge in [0.15, 0.2) is 18.6 Å². The Labute approximate surface area is 206 Å². The first-order valence-electron chi connectivity index (χ1n) is 10.7. The number of aliphatic carboxylic acids is 1. The molecule has 2 amide bonds. The van der Waals surface area contributed by atoms with Gasteiger partial charge in [-0.05, 0) is 6.92 Å². The summed E-state index contributed by atoms with van der Waals surface area (Å²) in [6, 6.07) is 0.249. The molecule has 0 radical (unpaired) electrons. The molecular formula is C19H23FN9O6S+. The molecule has 2 aliphatic rings. The summed E-state index contributed by atoms with van der Waals surface area (Å²) in [4.78, 5) is 47.8. The second kappa shape index (κ2) is 10.2. The number of thioether (sulfide) groups is 1. The minimum atomic E-state index is -1.30. The van der Waals surface area contributed by atoms with Gasteiger partial charge in [-0.15, -0.1) is 21.1 Å². The standard InChI is InChI=1S/C19H22FN9O6S/c1-2-34-25-11(14-24-19(22)35-26-14)15(30)23-12-16(31)29-13(18(32)33)9(8-36-17(12)29)7-27-5-3-10(21)28(27)6-4-20/h3,5,12,17,21H,2,4,6-8H2,1H3,(H4,22,23,24,26,30,32,33)/p+1/t12-,17-/m1/s1. The Bertz CT molecular complexity index is 1260. The molecule has 6 N–H and O–H groups in total. The van der Waals surface area contributed by atoms with E-state index in [1.165, 1.54) is 16.4 Å². The predicted molar refractivity (Wildman–Crippen MR) is 122 cm³/mol. The second-order valence-corrected chi connectivity index (χ2v) is 8.69. The van der Waals surface area contributed by atoms with Crippen molar-refractivity contribution < 1.29 is 37.9 Å². The van der Waals surface area contributed by atoms with Gasteiger partial charge in [0.25, 0.3) is 11.8 Å². The largest absolute Gasteiger partial charge is 0.477 e. The fourth-order valence-electron chi connectivity index (χ4n) is 3.81. The summed E-state index contributed by atoms with van der Waals surface area (Å²) >= 11 is 1.27. The molecule has 0 spiro atoms. The number of β-lactam (4-membered cyclic amide) rings is 1. The Morgan fingerprint density at radius 1 is 1.47 bits per heavy atom. The Morgan fingerprint density at radius 3 is 2.89 bits per heavy atom. The average molecular weight is 525 g/mol. The van der Waals surface area contributed by atoms with E-state index in [4.69, 9.17) is 16.3 Å². The van der Waals surface area contributed by atoms with E-state index < -0.39 is 35.9 Å². The number of hydrogen-bond acceptors (Lipinski definition) is 11. The first-order chi connectivity index (χ1) is 17.3. The summed E-state index contributed by atoms with van der Waals surface area (Å²) < 4.78 is 20.7. The van der Waals surface area contributed by atoms with E-state index in [1.54, 1.807) is 23.9 Å². The van der Waals surface area contributed by atoms with Crippen molar-refractivity contribution in [3.8, 4) is 0 Å². The molecule has 0 aromatic carbocycles. The van der Waals surface area contributed by atoms with E-state index in [-0.39, 0.29) is 48.7 Å². The molecule has 4 heterocycles. The minimum Gasteiger partial charge on any atom is -0.477 e. The number of nitrogens with two attached hydrogens (primary N) is 2. The number of oxime groups is 1. The van der Waals surface area contributed by atoms with Gasteiger partial charge in [0.2, 0.25) is 11.5 Å². The maximum absolute atomic E-state index is 13.0. The van der Waals surface area contributed by atoms with E-state index in [0.29, 0.717) is 11.4 Å². The summed E-state index contributed by atoms with van der Waals surface area (Å²) in [5, 5.41) is 19.0. The normalized spacial score (nSPS) is 19.7. The van der Waals surface area contributed by atoms with E-state index in [0.717, 1.165) is 4.90 Å². The number of hydrogen-bond donors (Lipinski definition) is 4. The van der Waals surface area contributed by atoms with E-state index in [1.807, 2.05) is 0 Å². The fraction of sp³-hybridized carbons (Fsp3) is 0.421. The molecule has 17 heteroatoms. The van der Waals surface area contributed by atoms with Crippen LogP contribution in [-0.2, 0) is 32.3 Å². The molecule has 36 heavy (non-hydrogen) atoms. The van der Waals surface area contributed by atoms with Crippen molar-refractivity contribution in [1.29, 1.82) is 0 Å². The predicted octanol–water partition coefficient (Wildman–Crippen LogP) is -1.53. The third-order valence-corrected chi connectivity index (χ3v) is 6.70. The number of halogens is 1. The highest BCUT2D eigenvalue weighted by molar-refractivity contribution is 8.00. The molecule has 1 saturated heterocycles. The smallest absolute Gasteiger partial charge is 0.352 e. The van der Waals surface area contributed by atoms with Gasteiger partial charge < -0.3 is 31.3 Å². The lowest BCUT2D eigenvalue weighted by molar-refractivity contribution is -0.767. The number of carboxylic acid groups (broad SMARTS) is 1. The molecule has 2 aromatic heterocycles. The molecule has 2 aromatic rings. The van der Waals surface area contributed by atoms with Crippen LogP contribution in [0.4, 0.5) is 16.2 Å². The summed E-state index contributed by atoms with van der Waals surface area (Å²) in [7, 11) is 0. The molecule has 2 aliphatic heterocycles. The molecule has 2 atom stereocenters. The van der Waals surface area contributed by atoms with Gasteiger partial charge in [0, 0.05) is 11.3 Å². The lowest BCUT2D eigenvalue weighted by atomic mass is 10.0. The highest BCUT2D eigenvalue weighted by Crippen LogP contribution is 2.40. The van der Waals surface area contributed by atoms with E-state index in [9.17, 15) is 23.9 Å². The third kappa shape index (κ3) is 4.56. The zero-order chi connectivity index (χ0) is 26.0. The van der Waals surface area contributed by atoms with Gasteiger partial charge in [-0.3, -0.25) is 14.5 Å². The van der Waals surface area contributed by atoms with Gasteiger partial charge in [-0.25, -0.2) is 9.18 Å². The minimum absolute atomic E-state index is 0.00129. The summed E-state index contributed by atoms with van der Waals surface area (Å²) in [5.74, 6) is -2.42. The molecule has 1 fully saturated rings. The molecule has 0 bridgehead atoms. The lowest BCUT2D eigenvalue weighted by Crippen LogP contribution is -2.71. The number of nitrogens with zero attached hydrogens (tertiary/aromatic N) is 6. The van der Waals surface area contributed by atoms with Crippen LogP contribution in [0.2, 0.25) is 0 Å². The van der Waals surface area contributed by atoms with E-state index in [2.05, 4.69) is 25.1 Å². The highest BCUT2D eigenvalue weighted by Gasteiger charge is 2.55. The number of fused-ring (bicyclic) bond motifs is 1. The van der Waals surface area contributed by atoms with E-state index >= 15 is 0 Å². The quantitative estimate of drug-likeness (QED) is 0.121. The van der Waals surface area contributed by atoms with Crippen molar-refractivity contribution in [2.45, 2.75) is 31.4 Å². The monoisotopic (exact) mass is 524 g/mol. The number of anilines is 2. The van der Waals surface area contributed by atoms with Gasteiger partial charge in [-0.1, -0.05) is 10.3 Å². The molecule has 0 saturated carbocycles. The number of alkyl halides is 1. The SMILES string of the molecule is CCON=C(C(=O)N[C@@H]1C(=O)N2C(C(=O)O)=C(C[n+]3ccc(N)n3CCF)CS[C@H]12)c1noc(N)n1. The zero-order valence-electron chi connectivity index (χ0n) is 19.0. The first kappa shape index (κ1) is 25.0. The molecule has 15 nitrogen and oxygen atoms in total. The third-order valence-electron chi connectivity index (χ3n) is 5.36. The number of aromatic nitrogens is 4. The number of rotatable bonds is 10. The molecular weight excluding hydrogens is 501 g/mol. The van der Waals surface area contributed by atoms with Gasteiger partial charge in [0.05, 0.1) is 6.07 Å². The Kier molecular flexibility index (Phi) is 7.09. The van der Waals surface area contributed by atoms with Crippen LogP contribution >= 0.6 is 11.8 Å². The van der Waals surface area contributed by atoms with Crippen LogP contribution in [0.5, 0.6) is 0 Å². The van der Waals surface area contributed by atoms with Crippen LogP contribution in [0, 0.1) is 0 Å². The Hall–Kier alpha value is -4.15. The number of amides is 2. The molecule has 0 aliphatic carbocycles. The summed E-state index contributed by atoms with van der Waals surface area (Å²) in [6.45, 7) is 1.22. The van der Waals surface area contributed by atoms with Crippen LogP contribution in [0.1, 0.15) is 12.7 Å². The Balaban J connectivity index is 1.54. The van der Waals surface area contributed by atoms with Crippen LogP contribution < -0.4 is 21.5 Å². The van der Waals surface area contributed by atoms with Crippen LogP contribution in [0.3, 0.4) is 0 Å². The topological polar surface area (TPSA) is 208 Å². The van der Waals surface area contributed by atoms with Gasteiger partial charge in [0.1, 0.15) is 36.9 Å². The summed E-state index contributed by atoms with van der Waals surface area (Å²) in [5.41, 5.74) is 11.2. The number of carbonyl (C=O) groups excluding carboxylic acids is 2. The zero-order valence-corrected chi connectivity index (χ0v) is 19.8. The number of nitrogen functional groups attached to an aromatic ring is 2. The Morgan fingerprint density at radius 2 is 2.25 bits per heavy atom. The van der Waals surface area contributed by atoms with Crippen molar-refractivity contribution in [2.24, 2.45) is 5.16 Å². The second-order valence-electron chi connectivity index (χ2n) is 7.58. The van der Waals surface area contributed by atoms with Crippen LogP contribution in [-0.4, -0.2) is 78.8 Å². The number of nitrogens with one attached hydrogen (secondary N) is 1. The number of carbonyl (C=O) groups is 3. The van der Waals surface area contributed by atoms with Crippen molar-refractivity contribution in [2.75, 3.05) is 30.5 Å². The molecule has 192 valence electrons. The first-order valence-corrected chi connectivity index (χ1v) is 11.7. The lowest BCUT2D eigenvalue weighted by Gasteiger charge is -2.49. The van der Waals surface area contributed by atoms with Crippen molar-refractivity contribution in [3.63, 3.8) is 0 Å². The van der Waals surface area contributed by atoms with Crippen molar-refractivity contribution >= 4 is 47.1 Å². The van der Waals surface area contributed by atoms with Gasteiger partial charge >= 0.3 is 12.0 Å². The maximum atomic E-state index is 13.0. The highest BCUT2D eigenvalue weighted by atomic mass is 32.2. The molecule has 0 unspecified atom stereocenters. The fourth-order valence-corrected chi connectivity index (χ4v) is 5.14. The van der Waals surface area contributed by atoms with Crippen molar-refractivity contribution in [1.82, 2.24) is 25.0 Å². The number of carboxylic acids is 1. The maximum Gasteiger partial charge on any atom is 0.352 e. The average Bonchev–Trinajstić information content (AvgIpc) is 3.43. The molecule has 4 rings (SSSR count). The van der Waals surface area contributed by atoms with Crippen LogP contribution in [0.15, 0.2) is 33.2 Å². The summed E-state index contributed by atoms with van der Waals surface area (Å²) in [6.07, 6.45) is 1.61.